The van der Waals surface area contributed by atoms with E-state index in [0.717, 1.165) is 35.7 Å². The van der Waals surface area contributed by atoms with Crippen LogP contribution in [0.1, 0.15) is 31.7 Å². The average Bonchev–Trinajstić information content (AvgIpc) is 3.66. The second-order valence-corrected chi connectivity index (χ2v) is 13.0. The molecule has 5 heterocycles. The highest BCUT2D eigenvalue weighted by Gasteiger charge is 2.49. The Kier molecular flexibility index (Phi) is 7.10. The minimum Gasteiger partial charge on any atom is -0.508 e. The highest BCUT2D eigenvalue weighted by Crippen LogP contribution is 2.42. The number of anilines is 1. The fraction of sp³-hybridized carbons (Fsp3) is 0.452. The van der Waals surface area contributed by atoms with E-state index in [1.54, 1.807) is 6.07 Å². The molecule has 3 fully saturated rings. The standard InChI is InChI=1S/C31H33F2N6O3Si/c1-2-17-5-3-6-18-9-20(40)10-21(25(17)18)27-26(33)28-22(12-35-27)29(38-14-23(34)24(15-38)43-41)37-30(36-28)42-16-31-7-4-8-39(31)13-19(32)11-31/h3,5-6,9-10,12,19,23-24,40H,2,4,7-8,11,13-16,34H2,1H3/t19-,23+,24?,31+/m1/s1. The van der Waals surface area contributed by atoms with E-state index in [-0.39, 0.29) is 41.2 Å². The minimum atomic E-state index is -0.913. The zero-order valence-electron chi connectivity index (χ0n) is 23.9. The van der Waals surface area contributed by atoms with Crippen LogP contribution >= 0.6 is 0 Å². The summed E-state index contributed by atoms with van der Waals surface area (Å²) in [5, 5.41) is 12.5. The van der Waals surface area contributed by atoms with E-state index in [2.05, 4.69) is 14.9 Å². The summed E-state index contributed by atoms with van der Waals surface area (Å²) in [4.78, 5) is 17.8. The highest BCUT2D eigenvalue weighted by atomic mass is 28.2. The number of phenols is 1. The summed E-state index contributed by atoms with van der Waals surface area (Å²) in [5.74, 6) is -0.261. The minimum absolute atomic E-state index is 0.00287. The smallest absolute Gasteiger partial charge is 0.332 e. The number of hydrogen-bond acceptors (Lipinski definition) is 9. The van der Waals surface area contributed by atoms with E-state index < -0.39 is 26.9 Å². The highest BCUT2D eigenvalue weighted by molar-refractivity contribution is 6.20. The van der Waals surface area contributed by atoms with Gasteiger partial charge >= 0.3 is 15.4 Å². The molecule has 3 saturated heterocycles. The van der Waals surface area contributed by atoms with Gasteiger partial charge in [0.2, 0.25) is 0 Å². The molecule has 7 rings (SSSR count). The summed E-state index contributed by atoms with van der Waals surface area (Å²) in [6, 6.07) is 8.60. The molecule has 4 atom stereocenters. The largest absolute Gasteiger partial charge is 0.508 e. The van der Waals surface area contributed by atoms with Crippen molar-refractivity contribution in [3.63, 3.8) is 0 Å². The van der Waals surface area contributed by atoms with Crippen LogP contribution in [-0.2, 0) is 10.9 Å². The first-order chi connectivity index (χ1) is 20.8. The Morgan fingerprint density at radius 2 is 2.09 bits per heavy atom. The summed E-state index contributed by atoms with van der Waals surface area (Å²) in [7, 11) is -0.583. The molecule has 0 spiro atoms. The average molecular weight is 604 g/mol. The third kappa shape index (κ3) is 4.75. The number of nitrogens with two attached hydrogens (primary N) is 1. The van der Waals surface area contributed by atoms with Crippen molar-refractivity contribution < 1.29 is 23.1 Å². The van der Waals surface area contributed by atoms with Gasteiger partial charge in [-0.15, -0.1) is 0 Å². The van der Waals surface area contributed by atoms with E-state index in [0.29, 0.717) is 49.2 Å². The van der Waals surface area contributed by atoms with Crippen LogP contribution in [-0.4, -0.2) is 84.9 Å². The van der Waals surface area contributed by atoms with E-state index in [4.69, 9.17) is 15.5 Å². The van der Waals surface area contributed by atoms with Gasteiger partial charge in [0.1, 0.15) is 35.6 Å². The van der Waals surface area contributed by atoms with Crippen molar-refractivity contribution in [3.8, 4) is 23.0 Å². The first-order valence-electron chi connectivity index (χ1n) is 14.8. The molecule has 43 heavy (non-hydrogen) atoms. The predicted molar refractivity (Wildman–Crippen MR) is 160 cm³/mol. The van der Waals surface area contributed by atoms with Crippen molar-refractivity contribution in [2.75, 3.05) is 37.7 Å². The van der Waals surface area contributed by atoms with Gasteiger partial charge < -0.3 is 24.9 Å². The van der Waals surface area contributed by atoms with Gasteiger partial charge in [-0.05, 0) is 54.3 Å². The second-order valence-electron chi connectivity index (χ2n) is 12.0. The van der Waals surface area contributed by atoms with Crippen LogP contribution in [0.15, 0.2) is 36.5 Å². The molecule has 3 aliphatic rings. The van der Waals surface area contributed by atoms with Crippen LogP contribution in [0.25, 0.3) is 32.9 Å². The van der Waals surface area contributed by atoms with Gasteiger partial charge in [-0.3, -0.25) is 9.88 Å². The molecule has 0 aliphatic carbocycles. The van der Waals surface area contributed by atoms with Crippen molar-refractivity contribution in [2.45, 2.75) is 55.9 Å². The van der Waals surface area contributed by atoms with Crippen molar-refractivity contribution in [1.82, 2.24) is 19.9 Å². The molecule has 0 amide bonds. The van der Waals surface area contributed by atoms with Gasteiger partial charge in [0.05, 0.1) is 10.9 Å². The number of fused-ring (bicyclic) bond motifs is 3. The first kappa shape index (κ1) is 28.2. The number of aromatic nitrogens is 3. The van der Waals surface area contributed by atoms with Crippen LogP contribution in [0.2, 0.25) is 5.54 Å². The van der Waals surface area contributed by atoms with Gasteiger partial charge in [-0.25, -0.2) is 8.78 Å². The summed E-state index contributed by atoms with van der Waals surface area (Å²) >= 11 is 0. The number of benzene rings is 2. The van der Waals surface area contributed by atoms with Gasteiger partial charge in [-0.1, -0.05) is 25.1 Å². The molecule has 9 nitrogen and oxygen atoms in total. The molecule has 3 N–H and O–H groups in total. The second kappa shape index (κ2) is 10.8. The molecular formula is C31H33F2N6O3Si. The molecular weight excluding hydrogens is 570 g/mol. The number of halogens is 2. The maximum absolute atomic E-state index is 16.7. The van der Waals surface area contributed by atoms with Gasteiger partial charge in [0.15, 0.2) is 5.82 Å². The number of hydrogen-bond donors (Lipinski definition) is 2. The fourth-order valence-corrected chi connectivity index (χ4v) is 7.84. The number of alkyl halides is 1. The lowest BCUT2D eigenvalue weighted by molar-refractivity contribution is 0.107. The lowest BCUT2D eigenvalue weighted by Crippen LogP contribution is -2.43. The fourth-order valence-electron chi connectivity index (χ4n) is 7.26. The molecule has 12 heteroatoms. The Bertz CT molecular complexity index is 1740. The van der Waals surface area contributed by atoms with Crippen molar-refractivity contribution in [1.29, 1.82) is 0 Å². The summed E-state index contributed by atoms with van der Waals surface area (Å²) in [5.41, 5.74) is 7.13. The SMILES string of the molecule is CCc1cccc2cc(O)cc(-c3ncc4c(N5CC([Si]=O)[C@@H](N)C5)nc(OC[C@@]56CCCN5C[C@H](F)C6)nc4c3F)c12. The van der Waals surface area contributed by atoms with E-state index in [9.17, 15) is 14.0 Å². The number of rotatable bonds is 7. The van der Waals surface area contributed by atoms with Crippen LogP contribution in [0.3, 0.4) is 0 Å². The zero-order chi connectivity index (χ0) is 29.9. The molecule has 4 aromatic rings. The van der Waals surface area contributed by atoms with Crippen molar-refractivity contribution >= 4 is 36.9 Å². The zero-order valence-corrected chi connectivity index (χ0v) is 24.9. The van der Waals surface area contributed by atoms with Crippen LogP contribution < -0.4 is 15.4 Å². The third-order valence-electron chi connectivity index (χ3n) is 9.37. The van der Waals surface area contributed by atoms with Crippen LogP contribution in [0.4, 0.5) is 14.6 Å². The summed E-state index contributed by atoms with van der Waals surface area (Å²) in [6.07, 6.45) is 3.50. The molecule has 0 bridgehead atoms. The Morgan fingerprint density at radius 1 is 1.23 bits per heavy atom. The van der Waals surface area contributed by atoms with E-state index >= 15 is 4.39 Å². The molecule has 223 valence electrons. The summed E-state index contributed by atoms with van der Waals surface area (Å²) in [6.45, 7) is 4.19. The maximum Gasteiger partial charge on any atom is 0.332 e. The molecule has 1 radical (unpaired) electrons. The molecule has 2 aromatic carbocycles. The number of aryl methyl sites for hydroxylation is 1. The lowest BCUT2D eigenvalue weighted by atomic mass is 9.95. The van der Waals surface area contributed by atoms with E-state index in [1.165, 1.54) is 12.3 Å². The van der Waals surface area contributed by atoms with Gasteiger partial charge in [-0.2, -0.15) is 9.97 Å². The van der Waals surface area contributed by atoms with Gasteiger partial charge in [0.25, 0.3) is 0 Å². The van der Waals surface area contributed by atoms with E-state index in [1.807, 2.05) is 30.0 Å². The molecule has 0 saturated carbocycles. The maximum atomic E-state index is 16.7. The Hall–Kier alpha value is -3.61. The number of ether oxygens (including phenoxy) is 1. The van der Waals surface area contributed by atoms with Gasteiger partial charge in [0, 0.05) is 49.4 Å². The Balaban J connectivity index is 1.37. The third-order valence-corrected chi connectivity index (χ3v) is 10.3. The quantitative estimate of drug-likeness (QED) is 0.300. The first-order valence-corrected chi connectivity index (χ1v) is 15.8. The molecule has 3 aliphatic heterocycles. The van der Waals surface area contributed by atoms with Crippen molar-refractivity contribution in [3.05, 3.63) is 47.9 Å². The topological polar surface area (TPSA) is 118 Å². The molecule has 1 unspecified atom stereocenters. The Labute approximate surface area is 250 Å². The summed E-state index contributed by atoms with van der Waals surface area (Å²) < 4.78 is 49.1. The number of pyridine rings is 1. The van der Waals surface area contributed by atoms with Crippen molar-refractivity contribution in [2.24, 2.45) is 5.73 Å². The van der Waals surface area contributed by atoms with Crippen LogP contribution in [0, 0.1) is 5.82 Å². The number of phenolic OH excluding ortho intramolecular Hbond substituents is 1. The lowest BCUT2D eigenvalue weighted by Gasteiger charge is -2.31. The monoisotopic (exact) mass is 603 g/mol. The molecule has 2 aromatic heterocycles. The number of aromatic hydroxyl groups is 1. The Morgan fingerprint density at radius 3 is 2.88 bits per heavy atom. The van der Waals surface area contributed by atoms with Crippen LogP contribution in [0.5, 0.6) is 11.8 Å². The number of nitrogens with zero attached hydrogens (tertiary/aromatic N) is 5. The predicted octanol–water partition coefficient (Wildman–Crippen LogP) is 4.19. The normalized spacial score (nSPS) is 25.6.